The summed E-state index contributed by atoms with van der Waals surface area (Å²) in [6.07, 6.45) is 0. The quantitative estimate of drug-likeness (QED) is 0.203. The zero-order chi connectivity index (χ0) is 29.3. The number of para-hydroxylation sites is 1. The summed E-state index contributed by atoms with van der Waals surface area (Å²) in [5.74, 6) is -3.77. The van der Waals surface area contributed by atoms with E-state index in [1.165, 1.54) is 4.90 Å². The van der Waals surface area contributed by atoms with Gasteiger partial charge in [0.15, 0.2) is 11.3 Å². The van der Waals surface area contributed by atoms with E-state index in [4.69, 9.17) is 0 Å². The summed E-state index contributed by atoms with van der Waals surface area (Å²) in [6.45, 7) is 3.80. The molecule has 1 saturated heterocycles. The van der Waals surface area contributed by atoms with Gasteiger partial charge < -0.3 is 5.11 Å². The van der Waals surface area contributed by atoms with Crippen LogP contribution >= 0.6 is 0 Å². The Hall–Kier alpha value is -5.56. The average molecular weight is 553 g/mol. The number of carbonyl (C=O) groups excluding carboxylic acids is 4. The minimum absolute atomic E-state index is 0.0361. The van der Waals surface area contributed by atoms with E-state index in [0.717, 1.165) is 16.0 Å². The Morgan fingerprint density at radius 2 is 1.21 bits per heavy atom. The maximum atomic E-state index is 15.1. The average Bonchev–Trinajstić information content (AvgIpc) is 3.53. The number of nitrogens with zero attached hydrogens (tertiary/aromatic N) is 2. The Morgan fingerprint density at radius 1 is 0.643 bits per heavy atom. The van der Waals surface area contributed by atoms with Crippen molar-refractivity contribution >= 4 is 46.2 Å². The van der Waals surface area contributed by atoms with Gasteiger partial charge in [0.25, 0.3) is 11.7 Å². The highest BCUT2D eigenvalue weighted by Gasteiger charge is 2.71. The van der Waals surface area contributed by atoms with Crippen molar-refractivity contribution in [2.45, 2.75) is 19.4 Å². The zero-order valence-corrected chi connectivity index (χ0v) is 22.8. The molecule has 1 atom stereocenters. The molecule has 7 rings (SSSR count). The number of aliphatic hydroxyl groups is 1. The topological polar surface area (TPSA) is 95.0 Å². The van der Waals surface area contributed by atoms with Crippen LogP contribution in [-0.4, -0.2) is 34.0 Å². The van der Waals surface area contributed by atoms with Crippen molar-refractivity contribution in [3.63, 3.8) is 0 Å². The van der Waals surface area contributed by atoms with Crippen molar-refractivity contribution in [2.24, 2.45) is 0 Å². The molecule has 0 saturated carbocycles. The summed E-state index contributed by atoms with van der Waals surface area (Å²) in [5.41, 5.74) is 1.27. The van der Waals surface area contributed by atoms with Crippen molar-refractivity contribution in [1.29, 1.82) is 0 Å². The smallest absolute Gasteiger partial charge is 0.300 e. The molecule has 204 valence electrons. The molecular weight excluding hydrogens is 528 g/mol. The van der Waals surface area contributed by atoms with Gasteiger partial charge in [0.2, 0.25) is 0 Å². The van der Waals surface area contributed by atoms with Crippen LogP contribution in [0.25, 0.3) is 11.5 Å². The van der Waals surface area contributed by atoms with Crippen LogP contribution in [0.2, 0.25) is 0 Å². The summed E-state index contributed by atoms with van der Waals surface area (Å²) in [4.78, 5) is 60.0. The molecule has 0 aromatic heterocycles. The highest BCUT2D eigenvalue weighted by atomic mass is 16.3. The van der Waals surface area contributed by atoms with Gasteiger partial charge in [-0.2, -0.15) is 0 Å². The number of fused-ring (bicyclic) bond motifs is 3. The maximum absolute atomic E-state index is 15.1. The summed E-state index contributed by atoms with van der Waals surface area (Å²) in [7, 11) is 0. The van der Waals surface area contributed by atoms with Crippen molar-refractivity contribution in [3.05, 3.63) is 142 Å². The number of anilines is 2. The zero-order valence-electron chi connectivity index (χ0n) is 22.8. The number of benzene rings is 4. The molecular formula is C35H24N2O5. The van der Waals surface area contributed by atoms with Crippen LogP contribution in [0.4, 0.5) is 11.4 Å². The molecule has 4 aromatic carbocycles. The fourth-order valence-electron chi connectivity index (χ4n) is 6.24. The predicted octanol–water partition coefficient (Wildman–Crippen LogP) is 5.58. The molecule has 2 amide bonds. The molecule has 7 nitrogen and oxygen atoms in total. The molecule has 2 heterocycles. The van der Waals surface area contributed by atoms with Crippen molar-refractivity contribution in [1.82, 2.24) is 0 Å². The SMILES string of the molecule is Cc1ccc(/C(O)=C2\C(=O)C(=O)N(c3ccccc3)C23C(=O)N(c2ccc(C)cc2)C2=C3C(=O)c3ccccc32)cc1. The third-order valence-electron chi connectivity index (χ3n) is 8.18. The molecule has 1 aliphatic carbocycles. The van der Waals surface area contributed by atoms with E-state index in [9.17, 15) is 19.5 Å². The van der Waals surface area contributed by atoms with E-state index in [2.05, 4.69) is 0 Å². The first kappa shape index (κ1) is 25.4. The van der Waals surface area contributed by atoms with Gasteiger partial charge in [0.1, 0.15) is 5.76 Å². The van der Waals surface area contributed by atoms with Gasteiger partial charge >= 0.3 is 5.91 Å². The largest absolute Gasteiger partial charge is 0.507 e. The van der Waals surface area contributed by atoms with Crippen molar-refractivity contribution < 1.29 is 24.3 Å². The number of hydrogen-bond acceptors (Lipinski definition) is 5. The third kappa shape index (κ3) is 3.22. The van der Waals surface area contributed by atoms with Gasteiger partial charge in [-0.05, 0) is 38.1 Å². The Kier molecular flexibility index (Phi) is 5.43. The second kappa shape index (κ2) is 8.97. The normalized spacial score (nSPS) is 20.6. The first-order valence-corrected chi connectivity index (χ1v) is 13.5. The highest BCUT2D eigenvalue weighted by Crippen LogP contribution is 2.57. The number of amides is 2. The number of rotatable bonds is 3. The summed E-state index contributed by atoms with van der Waals surface area (Å²) >= 11 is 0. The second-order valence-corrected chi connectivity index (χ2v) is 10.7. The van der Waals surface area contributed by atoms with Crippen LogP contribution < -0.4 is 9.80 Å². The van der Waals surface area contributed by atoms with Crippen molar-refractivity contribution in [3.8, 4) is 0 Å². The maximum Gasteiger partial charge on any atom is 0.300 e. The Bertz CT molecular complexity index is 1920. The van der Waals surface area contributed by atoms with Gasteiger partial charge in [0.05, 0.1) is 16.8 Å². The second-order valence-electron chi connectivity index (χ2n) is 10.7. The van der Waals surface area contributed by atoms with Gasteiger partial charge in [0, 0.05) is 28.1 Å². The van der Waals surface area contributed by atoms with E-state index < -0.39 is 40.3 Å². The van der Waals surface area contributed by atoms with E-state index in [-0.39, 0.29) is 16.8 Å². The number of hydrogen-bond donors (Lipinski definition) is 1. The molecule has 3 aliphatic rings. The fourth-order valence-corrected chi connectivity index (χ4v) is 6.24. The third-order valence-corrected chi connectivity index (χ3v) is 8.18. The molecule has 0 bridgehead atoms. The number of aryl methyl sites for hydroxylation is 2. The first-order valence-electron chi connectivity index (χ1n) is 13.5. The Balaban J connectivity index is 1.63. The molecule has 1 unspecified atom stereocenters. The van der Waals surface area contributed by atoms with Crippen LogP contribution in [0.3, 0.4) is 0 Å². The lowest BCUT2D eigenvalue weighted by Gasteiger charge is -2.36. The van der Waals surface area contributed by atoms with Crippen LogP contribution in [0.1, 0.15) is 32.6 Å². The molecule has 7 heteroatoms. The standard InChI is InChI=1S/C35H24N2O5/c1-20-12-16-22(17-13-20)30(38)28-32(40)33(41)37(24-8-4-3-5-9-24)35(28)27-29(25-10-6-7-11-26(25)31(27)39)36(34(35)42)23-18-14-21(2)15-19-23/h3-19,38H,1-2H3/b30-28-. The molecule has 1 spiro atoms. The van der Waals surface area contributed by atoms with Crippen LogP contribution in [0.15, 0.2) is 114 Å². The fraction of sp³-hybridized carbons (Fsp3) is 0.0857. The summed E-state index contributed by atoms with van der Waals surface area (Å²) in [6, 6.07) is 29.2. The Labute approximate surface area is 241 Å². The highest BCUT2D eigenvalue weighted by molar-refractivity contribution is 6.58. The lowest BCUT2D eigenvalue weighted by atomic mass is 9.79. The number of aliphatic hydroxyl groups excluding tert-OH is 1. The van der Waals surface area contributed by atoms with Crippen molar-refractivity contribution in [2.75, 3.05) is 9.80 Å². The van der Waals surface area contributed by atoms with E-state index >= 15 is 4.79 Å². The first-order chi connectivity index (χ1) is 20.3. The van der Waals surface area contributed by atoms with Crippen LogP contribution in [-0.2, 0) is 14.4 Å². The predicted molar refractivity (Wildman–Crippen MR) is 159 cm³/mol. The van der Waals surface area contributed by atoms with E-state index in [1.807, 2.05) is 26.0 Å². The summed E-state index contributed by atoms with van der Waals surface area (Å²) in [5, 5.41) is 11.8. The van der Waals surface area contributed by atoms with Gasteiger partial charge in [-0.1, -0.05) is 90.0 Å². The summed E-state index contributed by atoms with van der Waals surface area (Å²) < 4.78 is 0. The van der Waals surface area contributed by atoms with Gasteiger partial charge in [-0.3, -0.25) is 29.0 Å². The number of ketones is 2. The molecule has 1 N–H and O–H groups in total. The van der Waals surface area contributed by atoms with Crippen LogP contribution in [0.5, 0.6) is 0 Å². The Morgan fingerprint density at radius 3 is 1.86 bits per heavy atom. The van der Waals surface area contributed by atoms with E-state index in [1.54, 1.807) is 91.0 Å². The molecule has 42 heavy (non-hydrogen) atoms. The number of carbonyl (C=O) groups is 4. The van der Waals surface area contributed by atoms with Gasteiger partial charge in [-0.15, -0.1) is 0 Å². The van der Waals surface area contributed by atoms with E-state index in [0.29, 0.717) is 22.5 Å². The molecule has 2 aliphatic heterocycles. The van der Waals surface area contributed by atoms with Gasteiger partial charge in [-0.25, -0.2) is 0 Å². The lowest BCUT2D eigenvalue weighted by molar-refractivity contribution is -0.132. The minimum atomic E-state index is -2.25. The lowest BCUT2D eigenvalue weighted by Crippen LogP contribution is -2.57. The molecule has 0 radical (unpaired) electrons. The molecule has 4 aromatic rings. The molecule has 1 fully saturated rings. The van der Waals surface area contributed by atoms with Crippen LogP contribution in [0, 0.1) is 13.8 Å². The monoisotopic (exact) mass is 552 g/mol. The minimum Gasteiger partial charge on any atom is -0.507 e. The number of Topliss-reactive ketones (excluding diaryl/α,β-unsaturated/α-hetero) is 2.